The van der Waals surface area contributed by atoms with Gasteiger partial charge in [-0.3, -0.25) is 0 Å². The second-order valence-electron chi connectivity index (χ2n) is 7.96. The molecule has 4 nitrogen and oxygen atoms in total. The van der Waals surface area contributed by atoms with E-state index < -0.39 is 10.0 Å². The van der Waals surface area contributed by atoms with Gasteiger partial charge in [-0.05, 0) is 40.5 Å². The van der Waals surface area contributed by atoms with Crippen LogP contribution in [-0.4, -0.2) is 15.0 Å². The van der Waals surface area contributed by atoms with Crippen molar-refractivity contribution < 1.29 is 8.42 Å². The van der Waals surface area contributed by atoms with Gasteiger partial charge in [0.15, 0.2) is 0 Å². The third-order valence-corrected chi connectivity index (χ3v) is 7.55. The molecule has 0 unspecified atom stereocenters. The summed E-state index contributed by atoms with van der Waals surface area (Å²) >= 11 is 0. The summed E-state index contributed by atoms with van der Waals surface area (Å²) in [5, 5.41) is 5.97. The van der Waals surface area contributed by atoms with E-state index in [2.05, 4.69) is 47.3 Å². The molecule has 2 N–H and O–H groups in total. The van der Waals surface area contributed by atoms with Gasteiger partial charge in [0.2, 0.25) is 10.0 Å². The second-order valence-corrected chi connectivity index (χ2v) is 9.64. The average molecular weight is 429 g/mol. The lowest BCUT2D eigenvalue weighted by atomic mass is 9.94. The Morgan fingerprint density at radius 1 is 0.839 bits per heavy atom. The molecule has 2 atom stereocenters. The Bertz CT molecular complexity index is 1360. The molecule has 0 saturated carbocycles. The highest BCUT2D eigenvalue weighted by Crippen LogP contribution is 2.37. The Kier molecular flexibility index (Phi) is 5.10. The number of hydrogen-bond donors (Lipinski definition) is 2. The van der Waals surface area contributed by atoms with Crippen LogP contribution in [0.3, 0.4) is 0 Å². The molecule has 5 heteroatoms. The van der Waals surface area contributed by atoms with Crippen LogP contribution in [0.15, 0.2) is 95.9 Å². The first-order chi connectivity index (χ1) is 15.0. The van der Waals surface area contributed by atoms with Crippen LogP contribution in [-0.2, 0) is 10.0 Å². The molecule has 31 heavy (non-hydrogen) atoms. The summed E-state index contributed by atoms with van der Waals surface area (Å²) in [6.07, 6.45) is 0. The zero-order chi connectivity index (χ0) is 21.4. The topological polar surface area (TPSA) is 58.2 Å². The quantitative estimate of drug-likeness (QED) is 0.470. The fraction of sp³-hybridized carbons (Fsp3) is 0.154. The Morgan fingerprint density at radius 3 is 2.39 bits per heavy atom. The Morgan fingerprint density at radius 2 is 1.52 bits per heavy atom. The third kappa shape index (κ3) is 3.65. The molecule has 156 valence electrons. The minimum absolute atomic E-state index is 0.0633. The molecule has 1 aliphatic rings. The standard InChI is InChI=1S/C26H24N2O2S/c1-18(20-15-8-10-19-9-2-3-11-21(19)20)27-17-25-23-13-5-4-12-22(23)24-14-6-7-16-26(24)31(29,30)28-25/h2-16,18,25,27-28H,17H2,1H3/t18-,25-/m1/s1. The van der Waals surface area contributed by atoms with Gasteiger partial charge >= 0.3 is 0 Å². The molecule has 4 aromatic carbocycles. The van der Waals surface area contributed by atoms with Gasteiger partial charge in [-0.2, -0.15) is 0 Å². The zero-order valence-corrected chi connectivity index (χ0v) is 18.1. The lowest BCUT2D eigenvalue weighted by Gasteiger charge is -2.23. The first kappa shape index (κ1) is 19.9. The van der Waals surface area contributed by atoms with Crippen LogP contribution >= 0.6 is 0 Å². The fourth-order valence-electron chi connectivity index (χ4n) is 4.47. The molecule has 4 aromatic rings. The van der Waals surface area contributed by atoms with Gasteiger partial charge in [-0.15, -0.1) is 0 Å². The molecule has 1 heterocycles. The molecule has 1 aliphatic heterocycles. The van der Waals surface area contributed by atoms with E-state index in [0.29, 0.717) is 11.4 Å². The van der Waals surface area contributed by atoms with Crippen LogP contribution in [0.5, 0.6) is 0 Å². The van der Waals surface area contributed by atoms with E-state index >= 15 is 0 Å². The monoisotopic (exact) mass is 428 g/mol. The normalized spacial score (nSPS) is 18.0. The molecule has 0 aromatic heterocycles. The van der Waals surface area contributed by atoms with E-state index in [1.165, 1.54) is 16.3 Å². The largest absolute Gasteiger partial charge is 0.308 e. The van der Waals surface area contributed by atoms with Crippen molar-refractivity contribution in [2.24, 2.45) is 0 Å². The van der Waals surface area contributed by atoms with E-state index in [0.717, 1.165) is 16.7 Å². The van der Waals surface area contributed by atoms with Crippen molar-refractivity contribution in [2.45, 2.75) is 23.9 Å². The summed E-state index contributed by atoms with van der Waals surface area (Å²) in [5.74, 6) is 0. The Labute approximate surface area is 183 Å². The van der Waals surface area contributed by atoms with Gasteiger partial charge in [-0.25, -0.2) is 13.1 Å². The SMILES string of the molecule is C[C@@H](NC[C@H]1NS(=O)(=O)c2ccccc2-c2ccccc21)c1cccc2ccccc12. The summed E-state index contributed by atoms with van der Waals surface area (Å²) in [4.78, 5) is 0.326. The van der Waals surface area contributed by atoms with E-state index in [1.54, 1.807) is 12.1 Å². The van der Waals surface area contributed by atoms with Crippen LogP contribution in [0, 0.1) is 0 Å². The van der Waals surface area contributed by atoms with Gasteiger partial charge < -0.3 is 5.32 Å². The van der Waals surface area contributed by atoms with Crippen LogP contribution < -0.4 is 10.0 Å². The highest BCUT2D eigenvalue weighted by atomic mass is 32.2. The smallest absolute Gasteiger partial charge is 0.241 e. The van der Waals surface area contributed by atoms with Crippen LogP contribution in [0.2, 0.25) is 0 Å². The van der Waals surface area contributed by atoms with Crippen LogP contribution in [0.25, 0.3) is 21.9 Å². The summed E-state index contributed by atoms with van der Waals surface area (Å²) in [7, 11) is -3.63. The van der Waals surface area contributed by atoms with Crippen molar-refractivity contribution in [1.82, 2.24) is 10.0 Å². The van der Waals surface area contributed by atoms with E-state index in [9.17, 15) is 8.42 Å². The van der Waals surface area contributed by atoms with Crippen molar-refractivity contribution in [3.05, 3.63) is 102 Å². The molecule has 0 bridgehead atoms. The lowest BCUT2D eigenvalue weighted by molar-refractivity contribution is 0.497. The molecular formula is C26H24N2O2S. The Hall–Kier alpha value is -2.99. The van der Waals surface area contributed by atoms with Crippen molar-refractivity contribution in [3.8, 4) is 11.1 Å². The highest BCUT2D eigenvalue weighted by molar-refractivity contribution is 7.89. The maximum Gasteiger partial charge on any atom is 0.241 e. The number of hydrogen-bond acceptors (Lipinski definition) is 3. The Balaban J connectivity index is 1.48. The molecule has 0 saturated heterocycles. The van der Waals surface area contributed by atoms with Gasteiger partial charge in [0, 0.05) is 18.2 Å². The molecule has 0 fully saturated rings. The average Bonchev–Trinajstić information content (AvgIpc) is 2.90. The number of benzene rings is 4. The summed E-state index contributed by atoms with van der Waals surface area (Å²) in [5.41, 5.74) is 3.88. The van der Waals surface area contributed by atoms with Crippen molar-refractivity contribution in [3.63, 3.8) is 0 Å². The van der Waals surface area contributed by atoms with E-state index in [-0.39, 0.29) is 12.1 Å². The fourth-order valence-corrected chi connectivity index (χ4v) is 5.91. The predicted octanol–water partition coefficient (Wildman–Crippen LogP) is 5.19. The third-order valence-electron chi connectivity index (χ3n) is 6.02. The first-order valence-electron chi connectivity index (χ1n) is 10.5. The molecular weight excluding hydrogens is 404 g/mol. The molecule has 0 amide bonds. The van der Waals surface area contributed by atoms with Gasteiger partial charge in [0.05, 0.1) is 10.9 Å². The minimum atomic E-state index is -3.63. The summed E-state index contributed by atoms with van der Waals surface area (Å²) in [6, 6.07) is 29.4. The maximum atomic E-state index is 13.1. The molecule has 0 aliphatic carbocycles. The first-order valence-corrected chi connectivity index (χ1v) is 11.9. The summed E-state index contributed by atoms with van der Waals surface area (Å²) < 4.78 is 29.2. The molecule has 0 radical (unpaired) electrons. The van der Waals surface area contributed by atoms with Gasteiger partial charge in [-0.1, -0.05) is 84.9 Å². The molecule has 5 rings (SSSR count). The van der Waals surface area contributed by atoms with Crippen LogP contribution in [0.4, 0.5) is 0 Å². The predicted molar refractivity (Wildman–Crippen MR) is 125 cm³/mol. The summed E-state index contributed by atoms with van der Waals surface area (Å²) in [6.45, 7) is 2.60. The molecule has 0 spiro atoms. The van der Waals surface area contributed by atoms with Gasteiger partial charge in [0.1, 0.15) is 0 Å². The van der Waals surface area contributed by atoms with Crippen molar-refractivity contribution >= 4 is 20.8 Å². The number of rotatable bonds is 4. The minimum Gasteiger partial charge on any atom is -0.308 e. The van der Waals surface area contributed by atoms with E-state index in [4.69, 9.17) is 0 Å². The van der Waals surface area contributed by atoms with Crippen molar-refractivity contribution in [2.75, 3.05) is 6.54 Å². The zero-order valence-electron chi connectivity index (χ0n) is 17.2. The number of fused-ring (bicyclic) bond motifs is 4. The maximum absolute atomic E-state index is 13.1. The van der Waals surface area contributed by atoms with Crippen molar-refractivity contribution in [1.29, 1.82) is 0 Å². The number of nitrogens with one attached hydrogen (secondary N) is 2. The van der Waals surface area contributed by atoms with Gasteiger partial charge in [0.25, 0.3) is 0 Å². The lowest BCUT2D eigenvalue weighted by Crippen LogP contribution is -2.35. The number of sulfonamides is 1. The highest BCUT2D eigenvalue weighted by Gasteiger charge is 2.30. The van der Waals surface area contributed by atoms with E-state index in [1.807, 2.05) is 48.5 Å². The van der Waals surface area contributed by atoms with Crippen LogP contribution in [0.1, 0.15) is 30.1 Å². The second kappa shape index (κ2) is 7.93.